The number of aliphatic hydroxyl groups excluding tert-OH is 1. The van der Waals surface area contributed by atoms with Crippen LogP contribution in [0.3, 0.4) is 0 Å². The summed E-state index contributed by atoms with van der Waals surface area (Å²) in [7, 11) is 5.80. The molecule has 0 radical (unpaired) electrons. The van der Waals surface area contributed by atoms with Crippen molar-refractivity contribution < 1.29 is 9.84 Å². The quantitative estimate of drug-likeness (QED) is 0.758. The lowest BCUT2D eigenvalue weighted by Gasteiger charge is -2.28. The second kappa shape index (κ2) is 9.03. The number of aliphatic hydroxyl groups is 1. The van der Waals surface area contributed by atoms with Crippen LogP contribution in [0.4, 0.5) is 0 Å². The van der Waals surface area contributed by atoms with Gasteiger partial charge in [0.05, 0.1) is 13.2 Å². The zero-order valence-corrected chi connectivity index (χ0v) is 14.0. The number of hydrogen-bond donors (Lipinski definition) is 1. The maximum absolute atomic E-state index is 10.4. The molecular weight excluding hydrogens is 264 g/mol. The van der Waals surface area contributed by atoms with Crippen molar-refractivity contribution in [2.24, 2.45) is 5.92 Å². The average molecular weight is 294 g/mol. The van der Waals surface area contributed by atoms with Crippen LogP contribution < -0.4 is 4.74 Å². The van der Waals surface area contributed by atoms with Crippen molar-refractivity contribution in [1.82, 2.24) is 9.80 Å². The van der Waals surface area contributed by atoms with E-state index in [0.717, 1.165) is 30.9 Å². The van der Waals surface area contributed by atoms with Crippen LogP contribution in [-0.2, 0) is 0 Å². The molecule has 0 saturated carbocycles. The Morgan fingerprint density at radius 2 is 1.67 bits per heavy atom. The van der Waals surface area contributed by atoms with Crippen LogP contribution in [0.15, 0.2) is 24.3 Å². The van der Waals surface area contributed by atoms with Crippen molar-refractivity contribution in [3.05, 3.63) is 29.8 Å². The van der Waals surface area contributed by atoms with Crippen molar-refractivity contribution in [1.29, 1.82) is 0 Å². The van der Waals surface area contributed by atoms with Gasteiger partial charge >= 0.3 is 0 Å². The molecule has 4 heteroatoms. The second-order valence-electron chi connectivity index (χ2n) is 6.25. The lowest BCUT2D eigenvalue weighted by atomic mass is 10.1. The lowest BCUT2D eigenvalue weighted by Crippen LogP contribution is -2.37. The molecule has 21 heavy (non-hydrogen) atoms. The molecule has 0 bridgehead atoms. The number of ether oxygens (including phenoxy) is 1. The summed E-state index contributed by atoms with van der Waals surface area (Å²) in [6.45, 7) is 8.06. The van der Waals surface area contributed by atoms with E-state index >= 15 is 0 Å². The van der Waals surface area contributed by atoms with E-state index in [1.54, 1.807) is 7.11 Å². The monoisotopic (exact) mass is 294 g/mol. The molecule has 0 saturated heterocycles. The first kappa shape index (κ1) is 18.0. The molecule has 1 aromatic carbocycles. The van der Waals surface area contributed by atoms with E-state index in [9.17, 15) is 5.11 Å². The van der Waals surface area contributed by atoms with Crippen LogP contribution in [-0.4, -0.2) is 62.3 Å². The number of likely N-dealkylation sites (N-methyl/N-ethyl adjacent to an activating group) is 1. The fourth-order valence-electron chi connectivity index (χ4n) is 2.29. The highest BCUT2D eigenvalue weighted by Gasteiger charge is 2.15. The van der Waals surface area contributed by atoms with E-state index < -0.39 is 6.10 Å². The largest absolute Gasteiger partial charge is 0.497 e. The molecule has 0 aliphatic rings. The van der Waals surface area contributed by atoms with Gasteiger partial charge in [0, 0.05) is 26.2 Å². The molecular formula is C17H30N2O2. The molecule has 1 atom stereocenters. The van der Waals surface area contributed by atoms with Crippen molar-refractivity contribution in [2.45, 2.75) is 20.0 Å². The summed E-state index contributed by atoms with van der Waals surface area (Å²) < 4.78 is 5.15. The molecule has 1 N–H and O–H groups in total. The smallest absolute Gasteiger partial charge is 0.118 e. The minimum atomic E-state index is -0.461. The van der Waals surface area contributed by atoms with Gasteiger partial charge in [0.15, 0.2) is 0 Å². The fourth-order valence-corrected chi connectivity index (χ4v) is 2.29. The number of benzene rings is 1. The maximum Gasteiger partial charge on any atom is 0.118 e. The van der Waals surface area contributed by atoms with E-state index in [1.165, 1.54) is 0 Å². The summed E-state index contributed by atoms with van der Waals surface area (Å²) in [5.41, 5.74) is 0.939. The summed E-state index contributed by atoms with van der Waals surface area (Å²) in [5, 5.41) is 10.4. The summed E-state index contributed by atoms with van der Waals surface area (Å²) in [5.74, 6) is 1.41. The molecule has 0 spiro atoms. The highest BCUT2D eigenvalue weighted by molar-refractivity contribution is 5.28. The van der Waals surface area contributed by atoms with Gasteiger partial charge in [0.1, 0.15) is 5.75 Å². The van der Waals surface area contributed by atoms with Crippen molar-refractivity contribution in [3.63, 3.8) is 0 Å². The van der Waals surface area contributed by atoms with Gasteiger partial charge in [-0.05, 0) is 37.7 Å². The van der Waals surface area contributed by atoms with Crippen LogP contribution in [0.5, 0.6) is 5.75 Å². The molecule has 1 rings (SSSR count). The van der Waals surface area contributed by atoms with Crippen LogP contribution in [0.1, 0.15) is 25.5 Å². The van der Waals surface area contributed by atoms with Crippen LogP contribution >= 0.6 is 0 Å². The molecule has 4 nitrogen and oxygen atoms in total. The molecule has 120 valence electrons. The number of rotatable bonds is 9. The Bertz CT molecular complexity index is 390. The Morgan fingerprint density at radius 3 is 2.14 bits per heavy atom. The molecule has 1 unspecified atom stereocenters. The maximum atomic E-state index is 10.4. The predicted molar refractivity (Wildman–Crippen MR) is 87.8 cm³/mol. The van der Waals surface area contributed by atoms with Gasteiger partial charge < -0.3 is 14.7 Å². The van der Waals surface area contributed by atoms with Gasteiger partial charge in [-0.15, -0.1) is 0 Å². The zero-order chi connectivity index (χ0) is 15.8. The molecule has 0 amide bonds. The number of methoxy groups -OCH3 is 1. The third-order valence-electron chi connectivity index (χ3n) is 3.42. The van der Waals surface area contributed by atoms with Gasteiger partial charge in [-0.3, -0.25) is 4.90 Å². The summed E-state index contributed by atoms with van der Waals surface area (Å²) in [4.78, 5) is 4.51. The second-order valence-corrected chi connectivity index (χ2v) is 6.25. The van der Waals surface area contributed by atoms with E-state index in [1.807, 2.05) is 24.3 Å². The summed E-state index contributed by atoms with van der Waals surface area (Å²) in [6, 6.07) is 7.66. The molecule has 0 fully saturated rings. The fraction of sp³-hybridized carbons (Fsp3) is 0.647. The molecule has 0 aromatic heterocycles. The minimum absolute atomic E-state index is 0.461. The van der Waals surface area contributed by atoms with E-state index in [-0.39, 0.29) is 0 Å². The first-order valence-corrected chi connectivity index (χ1v) is 7.61. The highest BCUT2D eigenvalue weighted by Crippen LogP contribution is 2.18. The van der Waals surface area contributed by atoms with Gasteiger partial charge in [-0.1, -0.05) is 26.0 Å². The third kappa shape index (κ3) is 6.93. The topological polar surface area (TPSA) is 35.9 Å². The van der Waals surface area contributed by atoms with Gasteiger partial charge in [-0.2, -0.15) is 0 Å². The van der Waals surface area contributed by atoms with Gasteiger partial charge in [0.25, 0.3) is 0 Å². The zero-order valence-electron chi connectivity index (χ0n) is 14.0. The lowest BCUT2D eigenvalue weighted by molar-refractivity contribution is 0.101. The van der Waals surface area contributed by atoms with Gasteiger partial charge in [-0.25, -0.2) is 0 Å². The standard InChI is InChI=1S/C17H30N2O2/c1-14(2)12-19(11-10-18(3)4)13-17(20)15-6-8-16(21-5)9-7-15/h6-9,14,17,20H,10-13H2,1-5H3. The Kier molecular flexibility index (Phi) is 7.72. The first-order chi connectivity index (χ1) is 9.92. The van der Waals surface area contributed by atoms with E-state index in [4.69, 9.17) is 4.74 Å². The van der Waals surface area contributed by atoms with Gasteiger partial charge in [0.2, 0.25) is 0 Å². The molecule has 0 aliphatic heterocycles. The summed E-state index contributed by atoms with van der Waals surface area (Å²) >= 11 is 0. The molecule has 1 aromatic rings. The number of hydrogen-bond acceptors (Lipinski definition) is 4. The Balaban J connectivity index is 2.62. The molecule has 0 aliphatic carbocycles. The van der Waals surface area contributed by atoms with E-state index in [2.05, 4.69) is 37.7 Å². The average Bonchev–Trinajstić information content (AvgIpc) is 2.44. The Hall–Kier alpha value is -1.10. The minimum Gasteiger partial charge on any atom is -0.497 e. The predicted octanol–water partition coefficient (Wildman–Crippen LogP) is 2.25. The van der Waals surface area contributed by atoms with Crippen LogP contribution in [0.2, 0.25) is 0 Å². The van der Waals surface area contributed by atoms with Crippen molar-refractivity contribution >= 4 is 0 Å². The normalized spacial score (nSPS) is 13.2. The SMILES string of the molecule is COc1ccc(C(O)CN(CCN(C)C)CC(C)C)cc1. The Labute approximate surface area is 129 Å². The Morgan fingerprint density at radius 1 is 1.05 bits per heavy atom. The molecule has 0 heterocycles. The number of nitrogens with zero attached hydrogens (tertiary/aromatic N) is 2. The summed E-state index contributed by atoms with van der Waals surface area (Å²) in [6.07, 6.45) is -0.461. The van der Waals surface area contributed by atoms with Crippen molar-refractivity contribution in [3.8, 4) is 5.75 Å². The van der Waals surface area contributed by atoms with Crippen LogP contribution in [0, 0.1) is 5.92 Å². The third-order valence-corrected chi connectivity index (χ3v) is 3.42. The first-order valence-electron chi connectivity index (χ1n) is 7.61. The van der Waals surface area contributed by atoms with E-state index in [0.29, 0.717) is 12.5 Å². The van der Waals surface area contributed by atoms with Crippen molar-refractivity contribution in [2.75, 3.05) is 47.4 Å². The highest BCUT2D eigenvalue weighted by atomic mass is 16.5. The van der Waals surface area contributed by atoms with Crippen LogP contribution in [0.25, 0.3) is 0 Å².